The van der Waals surface area contributed by atoms with E-state index in [0.717, 1.165) is 10.0 Å². The molecule has 3 aromatic rings. The summed E-state index contributed by atoms with van der Waals surface area (Å²) in [5.41, 5.74) is 4.75. The second-order valence-corrected chi connectivity index (χ2v) is 7.62. The van der Waals surface area contributed by atoms with Crippen LogP contribution in [0.5, 0.6) is 17.2 Å². The van der Waals surface area contributed by atoms with Crippen LogP contribution in [0.15, 0.2) is 70.2 Å². The molecule has 1 aliphatic rings. The number of carbonyl (C=O) groups excluding carboxylic acids is 2. The molecule has 31 heavy (non-hydrogen) atoms. The Morgan fingerprint density at radius 3 is 2.71 bits per heavy atom. The maximum atomic E-state index is 12.5. The highest BCUT2D eigenvalue weighted by Gasteiger charge is 2.16. The maximum Gasteiger partial charge on any atom is 0.343 e. The van der Waals surface area contributed by atoms with Crippen molar-refractivity contribution >= 4 is 34.0 Å². The van der Waals surface area contributed by atoms with E-state index in [2.05, 4.69) is 26.5 Å². The van der Waals surface area contributed by atoms with Crippen LogP contribution in [-0.2, 0) is 0 Å². The fraction of sp³-hybridized carbons (Fsp3) is 0.0870. The van der Waals surface area contributed by atoms with Gasteiger partial charge >= 0.3 is 5.97 Å². The summed E-state index contributed by atoms with van der Waals surface area (Å²) in [7, 11) is 0. The molecule has 0 saturated heterocycles. The lowest BCUT2D eigenvalue weighted by atomic mass is 10.1. The third-order valence-electron chi connectivity index (χ3n) is 4.43. The number of hydrazone groups is 1. The van der Waals surface area contributed by atoms with E-state index in [4.69, 9.17) is 14.2 Å². The van der Waals surface area contributed by atoms with Gasteiger partial charge in [-0.3, -0.25) is 4.79 Å². The lowest BCUT2D eigenvalue weighted by Gasteiger charge is -2.08. The van der Waals surface area contributed by atoms with E-state index in [1.807, 2.05) is 13.0 Å². The lowest BCUT2D eigenvalue weighted by Crippen LogP contribution is -2.17. The van der Waals surface area contributed by atoms with Crippen molar-refractivity contribution in [2.45, 2.75) is 6.92 Å². The molecule has 1 aliphatic heterocycles. The Labute approximate surface area is 186 Å². The zero-order valence-corrected chi connectivity index (χ0v) is 18.0. The summed E-state index contributed by atoms with van der Waals surface area (Å²) >= 11 is 3.39. The van der Waals surface area contributed by atoms with Gasteiger partial charge in [0, 0.05) is 15.6 Å². The molecule has 0 radical (unpaired) electrons. The number of hydrogen-bond donors (Lipinski definition) is 1. The van der Waals surface area contributed by atoms with Crippen molar-refractivity contribution in [3.05, 3.63) is 87.4 Å². The van der Waals surface area contributed by atoms with Crippen LogP contribution in [0.4, 0.5) is 0 Å². The zero-order valence-electron chi connectivity index (χ0n) is 16.4. The molecule has 1 heterocycles. The second-order valence-electron chi connectivity index (χ2n) is 6.71. The number of esters is 1. The number of aryl methyl sites for hydroxylation is 1. The van der Waals surface area contributed by atoms with Gasteiger partial charge in [0.1, 0.15) is 5.75 Å². The molecule has 156 valence electrons. The van der Waals surface area contributed by atoms with Gasteiger partial charge in [0.2, 0.25) is 6.79 Å². The van der Waals surface area contributed by atoms with Gasteiger partial charge in [0.25, 0.3) is 5.91 Å². The minimum atomic E-state index is -0.481. The summed E-state index contributed by atoms with van der Waals surface area (Å²) in [6, 6.07) is 17.1. The molecule has 0 aromatic heterocycles. The normalized spacial score (nSPS) is 12.1. The quantitative estimate of drug-likeness (QED) is 0.252. The lowest BCUT2D eigenvalue weighted by molar-refractivity contribution is 0.0734. The number of nitrogens with zero attached hydrogens (tertiary/aromatic N) is 1. The van der Waals surface area contributed by atoms with Gasteiger partial charge in [-0.25, -0.2) is 10.2 Å². The molecule has 0 fully saturated rings. The topological polar surface area (TPSA) is 86.2 Å². The molecule has 0 bridgehead atoms. The average molecular weight is 481 g/mol. The smallest absolute Gasteiger partial charge is 0.343 e. The van der Waals surface area contributed by atoms with E-state index in [0.29, 0.717) is 33.9 Å². The Kier molecular flexibility index (Phi) is 5.99. The van der Waals surface area contributed by atoms with E-state index >= 15 is 0 Å². The highest BCUT2D eigenvalue weighted by atomic mass is 79.9. The minimum absolute atomic E-state index is 0.130. The van der Waals surface area contributed by atoms with Crippen LogP contribution in [0.3, 0.4) is 0 Å². The summed E-state index contributed by atoms with van der Waals surface area (Å²) < 4.78 is 16.8. The number of nitrogens with one attached hydrogen (secondary N) is 1. The van der Waals surface area contributed by atoms with Crippen molar-refractivity contribution in [3.8, 4) is 17.2 Å². The zero-order chi connectivity index (χ0) is 21.8. The summed E-state index contributed by atoms with van der Waals surface area (Å²) in [5, 5.41) is 4.00. The largest absolute Gasteiger partial charge is 0.454 e. The third kappa shape index (κ3) is 4.92. The number of rotatable bonds is 5. The first-order valence-electron chi connectivity index (χ1n) is 9.31. The monoisotopic (exact) mass is 480 g/mol. The Morgan fingerprint density at radius 2 is 1.87 bits per heavy atom. The SMILES string of the molecule is Cc1cccc(C(=O)Oc2ccc(Br)cc2/C=N\NC(=O)c2ccc3c(c2)OCO3)c1. The van der Waals surface area contributed by atoms with Crippen LogP contribution in [0.2, 0.25) is 0 Å². The standard InChI is InChI=1S/C23H17BrN2O5/c1-14-3-2-4-16(9-14)23(28)31-19-8-6-18(24)10-17(19)12-25-26-22(27)15-5-7-20-21(11-15)30-13-29-20/h2-12H,13H2,1H3,(H,26,27)/b25-12-. The van der Waals surface area contributed by atoms with Crippen LogP contribution >= 0.6 is 15.9 Å². The summed E-state index contributed by atoms with van der Waals surface area (Å²) in [6.07, 6.45) is 1.41. The Hall–Kier alpha value is -3.65. The Balaban J connectivity index is 1.47. The molecule has 0 atom stereocenters. The number of hydrogen-bond acceptors (Lipinski definition) is 6. The minimum Gasteiger partial charge on any atom is -0.454 e. The number of halogens is 1. The van der Waals surface area contributed by atoms with Crippen LogP contribution in [0.25, 0.3) is 0 Å². The molecule has 8 heteroatoms. The molecule has 1 N–H and O–H groups in total. The summed E-state index contributed by atoms with van der Waals surface area (Å²) in [5.74, 6) is 0.520. The van der Waals surface area contributed by atoms with Crippen LogP contribution < -0.4 is 19.6 Å². The first-order chi connectivity index (χ1) is 15.0. The molecular weight excluding hydrogens is 464 g/mol. The number of amides is 1. The van der Waals surface area contributed by atoms with Gasteiger partial charge < -0.3 is 14.2 Å². The highest BCUT2D eigenvalue weighted by molar-refractivity contribution is 9.10. The Bertz CT molecular complexity index is 1190. The molecule has 7 nitrogen and oxygen atoms in total. The predicted molar refractivity (Wildman–Crippen MR) is 118 cm³/mol. The van der Waals surface area contributed by atoms with Gasteiger partial charge in [0.15, 0.2) is 11.5 Å². The molecule has 0 aliphatic carbocycles. The van der Waals surface area contributed by atoms with Crippen LogP contribution in [0, 0.1) is 6.92 Å². The van der Waals surface area contributed by atoms with Crippen molar-refractivity contribution in [3.63, 3.8) is 0 Å². The van der Waals surface area contributed by atoms with E-state index in [1.165, 1.54) is 6.21 Å². The maximum absolute atomic E-state index is 12.5. The number of fused-ring (bicyclic) bond motifs is 1. The number of carbonyl (C=O) groups is 2. The first-order valence-corrected chi connectivity index (χ1v) is 10.1. The number of benzene rings is 3. The van der Waals surface area contributed by atoms with Crippen molar-refractivity contribution in [2.24, 2.45) is 5.10 Å². The van der Waals surface area contributed by atoms with Gasteiger partial charge in [-0.2, -0.15) is 5.10 Å². The predicted octanol–water partition coefficient (Wildman–Crippen LogP) is 4.47. The second kappa shape index (κ2) is 9.01. The van der Waals surface area contributed by atoms with Gasteiger partial charge in [0.05, 0.1) is 11.8 Å². The van der Waals surface area contributed by atoms with Crippen LogP contribution in [-0.4, -0.2) is 24.9 Å². The summed E-state index contributed by atoms with van der Waals surface area (Å²) in [6.45, 7) is 2.03. The molecular formula is C23H17BrN2O5. The molecule has 0 spiro atoms. The molecule has 0 unspecified atom stereocenters. The highest BCUT2D eigenvalue weighted by Crippen LogP contribution is 2.32. The molecule has 3 aromatic carbocycles. The number of ether oxygens (including phenoxy) is 3. The van der Waals surface area contributed by atoms with Gasteiger partial charge in [-0.15, -0.1) is 0 Å². The fourth-order valence-electron chi connectivity index (χ4n) is 2.91. The van der Waals surface area contributed by atoms with E-state index in [9.17, 15) is 9.59 Å². The van der Waals surface area contributed by atoms with E-state index in [1.54, 1.807) is 54.6 Å². The fourth-order valence-corrected chi connectivity index (χ4v) is 3.29. The Morgan fingerprint density at radius 1 is 1.03 bits per heavy atom. The van der Waals surface area contributed by atoms with E-state index < -0.39 is 11.9 Å². The molecule has 4 rings (SSSR count). The third-order valence-corrected chi connectivity index (χ3v) is 4.93. The van der Waals surface area contributed by atoms with Gasteiger partial charge in [-0.05, 0) is 55.5 Å². The first kappa shape index (κ1) is 20.6. The van der Waals surface area contributed by atoms with Crippen molar-refractivity contribution < 1.29 is 23.8 Å². The van der Waals surface area contributed by atoms with Crippen molar-refractivity contribution in [2.75, 3.05) is 6.79 Å². The molecule has 1 amide bonds. The van der Waals surface area contributed by atoms with Crippen molar-refractivity contribution in [1.29, 1.82) is 0 Å². The van der Waals surface area contributed by atoms with E-state index in [-0.39, 0.29) is 6.79 Å². The van der Waals surface area contributed by atoms with Crippen molar-refractivity contribution in [1.82, 2.24) is 5.43 Å². The van der Waals surface area contributed by atoms with Crippen LogP contribution in [0.1, 0.15) is 31.8 Å². The summed E-state index contributed by atoms with van der Waals surface area (Å²) in [4.78, 5) is 24.9. The average Bonchev–Trinajstić information content (AvgIpc) is 3.23. The molecule has 0 saturated carbocycles. The van der Waals surface area contributed by atoms with Gasteiger partial charge in [-0.1, -0.05) is 33.6 Å².